The van der Waals surface area contributed by atoms with Crippen LogP contribution in [0.4, 0.5) is 15.8 Å². The number of nitrogens with one attached hydrogen (secondary N) is 1. The zero-order valence-corrected chi connectivity index (χ0v) is 11.6. The molecule has 0 atom stereocenters. The zero-order chi connectivity index (χ0) is 15.4. The molecule has 0 bridgehead atoms. The van der Waals surface area contributed by atoms with Crippen LogP contribution in [0, 0.1) is 15.9 Å². The van der Waals surface area contributed by atoms with Crippen molar-refractivity contribution >= 4 is 28.7 Å². The van der Waals surface area contributed by atoms with Crippen molar-refractivity contribution in [3.8, 4) is 0 Å². The molecule has 0 aliphatic rings. The third-order valence-corrected chi connectivity index (χ3v) is 3.40. The molecule has 110 valence electrons. The second-order valence-corrected chi connectivity index (χ2v) is 4.89. The number of rotatable bonds is 5. The molecule has 9 heteroatoms. The lowest BCUT2D eigenvalue weighted by Crippen LogP contribution is -2.08. The minimum absolute atomic E-state index is 0.0372. The number of methoxy groups -OCH3 is 1. The van der Waals surface area contributed by atoms with E-state index < -0.39 is 22.4 Å². The summed E-state index contributed by atoms with van der Waals surface area (Å²) < 4.78 is 18.1. The van der Waals surface area contributed by atoms with Crippen LogP contribution in [0.1, 0.15) is 15.2 Å². The van der Waals surface area contributed by atoms with Crippen LogP contribution in [0.2, 0.25) is 0 Å². The lowest BCUT2D eigenvalue weighted by molar-refractivity contribution is -0.384. The fourth-order valence-corrected chi connectivity index (χ4v) is 2.17. The van der Waals surface area contributed by atoms with E-state index in [4.69, 9.17) is 0 Å². The van der Waals surface area contributed by atoms with Crippen molar-refractivity contribution in [2.45, 2.75) is 6.54 Å². The first-order chi connectivity index (χ1) is 10.0. The molecule has 0 aliphatic carbocycles. The summed E-state index contributed by atoms with van der Waals surface area (Å²) in [6.07, 6.45) is 1.61. The number of hydrogen-bond acceptors (Lipinski definition) is 7. The standard InChI is InChI=1S/C12H10FN3O4S/c1-20-12(17)8-2-10(11(16(18)19)3-9(8)13)15-5-7-4-14-6-21-7/h2-4,6,15H,5H2,1H3. The quantitative estimate of drug-likeness (QED) is 0.518. The second kappa shape index (κ2) is 6.27. The smallest absolute Gasteiger partial charge is 0.340 e. The molecule has 0 fully saturated rings. The first-order valence-electron chi connectivity index (χ1n) is 5.70. The SMILES string of the molecule is COC(=O)c1cc(NCc2cncs2)c([N+](=O)[O-])cc1F. The number of nitro groups is 1. The Balaban J connectivity index is 2.35. The van der Waals surface area contributed by atoms with Gasteiger partial charge in [0.2, 0.25) is 0 Å². The Morgan fingerprint density at radius 3 is 2.90 bits per heavy atom. The van der Waals surface area contributed by atoms with Crippen molar-refractivity contribution in [1.82, 2.24) is 4.98 Å². The first kappa shape index (κ1) is 14.9. The van der Waals surface area contributed by atoms with Crippen molar-refractivity contribution in [1.29, 1.82) is 0 Å². The van der Waals surface area contributed by atoms with Crippen LogP contribution in [0.3, 0.4) is 0 Å². The number of anilines is 1. The largest absolute Gasteiger partial charge is 0.465 e. The highest BCUT2D eigenvalue weighted by Crippen LogP contribution is 2.29. The molecule has 1 aromatic carbocycles. The van der Waals surface area contributed by atoms with Crippen LogP contribution in [0.25, 0.3) is 0 Å². The molecular formula is C12H10FN3O4S. The molecule has 0 radical (unpaired) electrons. The number of halogens is 1. The number of ether oxygens (including phenoxy) is 1. The predicted molar refractivity (Wildman–Crippen MR) is 73.8 cm³/mol. The molecular weight excluding hydrogens is 301 g/mol. The van der Waals surface area contributed by atoms with Crippen molar-refractivity contribution in [2.24, 2.45) is 0 Å². The van der Waals surface area contributed by atoms with Gasteiger partial charge in [-0.05, 0) is 6.07 Å². The van der Waals surface area contributed by atoms with E-state index in [0.717, 1.165) is 18.1 Å². The molecule has 0 unspecified atom stereocenters. The maximum atomic E-state index is 13.7. The third-order valence-electron chi connectivity index (χ3n) is 2.62. The van der Waals surface area contributed by atoms with Gasteiger partial charge in [-0.25, -0.2) is 9.18 Å². The molecule has 1 N–H and O–H groups in total. The minimum Gasteiger partial charge on any atom is -0.465 e. The summed E-state index contributed by atoms with van der Waals surface area (Å²) in [5.74, 6) is -1.90. The van der Waals surface area contributed by atoms with Crippen LogP contribution in [0.5, 0.6) is 0 Å². The first-order valence-corrected chi connectivity index (χ1v) is 6.58. The van der Waals surface area contributed by atoms with Gasteiger partial charge in [0, 0.05) is 11.1 Å². The Labute approximate surface area is 122 Å². The highest BCUT2D eigenvalue weighted by molar-refractivity contribution is 7.09. The van der Waals surface area contributed by atoms with E-state index in [0.29, 0.717) is 6.07 Å². The van der Waals surface area contributed by atoms with Crippen LogP contribution < -0.4 is 5.32 Å². The van der Waals surface area contributed by atoms with Gasteiger partial charge in [-0.3, -0.25) is 15.1 Å². The van der Waals surface area contributed by atoms with Crippen LogP contribution in [-0.2, 0) is 11.3 Å². The Hall–Kier alpha value is -2.55. The second-order valence-electron chi connectivity index (χ2n) is 3.92. The summed E-state index contributed by atoms with van der Waals surface area (Å²) in [6, 6.07) is 1.77. The van der Waals surface area contributed by atoms with E-state index in [1.54, 1.807) is 11.7 Å². The Morgan fingerprint density at radius 1 is 1.57 bits per heavy atom. The van der Waals surface area contributed by atoms with E-state index in [1.165, 1.54) is 11.3 Å². The van der Waals surface area contributed by atoms with Gasteiger partial charge < -0.3 is 10.1 Å². The van der Waals surface area contributed by atoms with Gasteiger partial charge in [0.05, 0.1) is 35.7 Å². The van der Waals surface area contributed by atoms with Crippen LogP contribution >= 0.6 is 11.3 Å². The minimum atomic E-state index is -1.00. The van der Waals surface area contributed by atoms with Crippen molar-refractivity contribution in [2.75, 3.05) is 12.4 Å². The predicted octanol–water partition coefficient (Wildman–Crippen LogP) is 2.59. The monoisotopic (exact) mass is 311 g/mol. The number of hydrogen-bond donors (Lipinski definition) is 1. The van der Waals surface area contributed by atoms with E-state index in [1.807, 2.05) is 0 Å². The molecule has 2 aromatic rings. The van der Waals surface area contributed by atoms with Crippen molar-refractivity contribution in [3.63, 3.8) is 0 Å². The number of benzene rings is 1. The molecule has 21 heavy (non-hydrogen) atoms. The lowest BCUT2D eigenvalue weighted by atomic mass is 10.1. The number of thiazole rings is 1. The van der Waals surface area contributed by atoms with Crippen LogP contribution in [0.15, 0.2) is 23.8 Å². The Morgan fingerprint density at radius 2 is 2.33 bits per heavy atom. The van der Waals surface area contributed by atoms with Gasteiger partial charge in [-0.2, -0.15) is 0 Å². The van der Waals surface area contributed by atoms with Crippen molar-refractivity contribution < 1.29 is 18.8 Å². The Kier molecular flexibility index (Phi) is 4.43. The Bertz CT molecular complexity index is 675. The molecule has 0 saturated heterocycles. The molecule has 0 spiro atoms. The molecule has 7 nitrogen and oxygen atoms in total. The highest BCUT2D eigenvalue weighted by Gasteiger charge is 2.22. The third kappa shape index (κ3) is 3.31. The lowest BCUT2D eigenvalue weighted by Gasteiger charge is -2.08. The molecule has 1 aromatic heterocycles. The fourth-order valence-electron chi connectivity index (χ4n) is 1.63. The normalized spacial score (nSPS) is 10.2. The summed E-state index contributed by atoms with van der Waals surface area (Å²) in [5.41, 5.74) is 0.838. The van der Waals surface area contributed by atoms with E-state index in [2.05, 4.69) is 15.0 Å². The maximum Gasteiger partial charge on any atom is 0.340 e. The number of nitrogens with zero attached hydrogens (tertiary/aromatic N) is 2. The maximum absolute atomic E-state index is 13.7. The summed E-state index contributed by atoms with van der Waals surface area (Å²) in [6.45, 7) is 0.276. The van der Waals surface area contributed by atoms with Gasteiger partial charge in [-0.1, -0.05) is 0 Å². The average molecular weight is 311 g/mol. The number of esters is 1. The number of carbonyl (C=O) groups excluding carboxylic acids is 1. The molecule has 0 aliphatic heterocycles. The topological polar surface area (TPSA) is 94.4 Å². The summed E-state index contributed by atoms with van der Waals surface area (Å²) in [5, 5.41) is 13.8. The summed E-state index contributed by atoms with van der Waals surface area (Å²) in [7, 11) is 1.10. The summed E-state index contributed by atoms with van der Waals surface area (Å²) >= 11 is 1.37. The molecule has 0 amide bonds. The van der Waals surface area contributed by atoms with Crippen LogP contribution in [-0.4, -0.2) is 23.0 Å². The molecule has 2 rings (SSSR count). The fraction of sp³-hybridized carbons (Fsp3) is 0.167. The van der Waals surface area contributed by atoms with E-state index >= 15 is 0 Å². The number of nitro benzene ring substituents is 1. The van der Waals surface area contributed by atoms with E-state index in [9.17, 15) is 19.3 Å². The zero-order valence-electron chi connectivity index (χ0n) is 10.8. The van der Waals surface area contributed by atoms with Gasteiger partial charge >= 0.3 is 5.97 Å². The van der Waals surface area contributed by atoms with Gasteiger partial charge in [0.25, 0.3) is 5.69 Å². The molecule has 0 saturated carbocycles. The molecule has 1 heterocycles. The highest BCUT2D eigenvalue weighted by atomic mass is 32.1. The van der Waals surface area contributed by atoms with Crippen molar-refractivity contribution in [3.05, 3.63) is 50.2 Å². The number of carbonyl (C=O) groups is 1. The summed E-state index contributed by atoms with van der Waals surface area (Å²) in [4.78, 5) is 26.4. The number of aromatic nitrogens is 1. The average Bonchev–Trinajstić information content (AvgIpc) is 2.98. The van der Waals surface area contributed by atoms with E-state index in [-0.39, 0.29) is 17.8 Å². The van der Waals surface area contributed by atoms with Gasteiger partial charge in [-0.15, -0.1) is 11.3 Å². The van der Waals surface area contributed by atoms with Gasteiger partial charge in [0.15, 0.2) is 0 Å². The van der Waals surface area contributed by atoms with Gasteiger partial charge in [0.1, 0.15) is 11.5 Å².